The molecular weight excluding hydrogens is 388 g/mol. The molecule has 182 valence electrons. The number of hydrogen-bond donors (Lipinski definition) is 2. The normalized spacial score (nSPS) is 12.5. The molecule has 0 heterocycles. The minimum atomic E-state index is -0.782. The number of nitrogens with zero attached hydrogens (tertiary/aromatic N) is 1. The molecule has 0 saturated carbocycles. The van der Waals surface area contributed by atoms with Gasteiger partial charge in [-0.25, -0.2) is 0 Å². The Kier molecular flexibility index (Phi) is 20.9. The zero-order valence-corrected chi connectivity index (χ0v) is 20.7. The van der Waals surface area contributed by atoms with E-state index in [1.807, 2.05) is 0 Å². The Balaban J connectivity index is 3.41. The summed E-state index contributed by atoms with van der Waals surface area (Å²) in [6.07, 6.45) is 24.1. The van der Waals surface area contributed by atoms with Crippen molar-refractivity contribution in [2.75, 3.05) is 20.6 Å². The molecule has 0 saturated heterocycles. The molecule has 0 unspecified atom stereocenters. The van der Waals surface area contributed by atoms with Crippen LogP contribution in [0.1, 0.15) is 116 Å². The lowest BCUT2D eigenvalue weighted by Gasteiger charge is -2.19. The zero-order chi connectivity index (χ0) is 23.2. The molecule has 0 aromatic rings. The maximum Gasteiger partial charge on any atom is 0.320 e. The third-order valence-corrected chi connectivity index (χ3v) is 5.80. The van der Waals surface area contributed by atoms with Crippen molar-refractivity contribution in [3.63, 3.8) is 0 Å². The third kappa shape index (κ3) is 20.3. The van der Waals surface area contributed by atoms with E-state index in [9.17, 15) is 9.59 Å². The van der Waals surface area contributed by atoms with Gasteiger partial charge >= 0.3 is 5.97 Å². The molecule has 0 aromatic heterocycles. The lowest BCUT2D eigenvalue weighted by molar-refractivity contribution is -0.142. The average Bonchev–Trinajstić information content (AvgIpc) is 2.72. The van der Waals surface area contributed by atoms with Gasteiger partial charge in [-0.05, 0) is 59.0 Å². The lowest BCUT2D eigenvalue weighted by Crippen LogP contribution is -2.35. The monoisotopic (exact) mass is 438 g/mol. The summed E-state index contributed by atoms with van der Waals surface area (Å²) in [6, 6.07) is -0.442. The number of carbonyl (C=O) groups is 2. The van der Waals surface area contributed by atoms with Gasteiger partial charge in [-0.3, -0.25) is 14.5 Å². The minimum Gasteiger partial charge on any atom is -0.480 e. The van der Waals surface area contributed by atoms with E-state index in [0.29, 0.717) is 19.4 Å². The number of likely N-dealkylation sites (N-methyl/N-ethyl adjacent to an activating group) is 1. The van der Waals surface area contributed by atoms with E-state index in [-0.39, 0.29) is 5.91 Å². The molecule has 5 heteroatoms. The molecule has 0 bridgehead atoms. The Bertz CT molecular complexity index is 464. The van der Waals surface area contributed by atoms with Gasteiger partial charge in [0.2, 0.25) is 5.91 Å². The number of nitrogens with one attached hydrogen (secondary N) is 1. The van der Waals surface area contributed by atoms with Crippen molar-refractivity contribution < 1.29 is 14.7 Å². The minimum absolute atomic E-state index is 0.102. The van der Waals surface area contributed by atoms with E-state index in [1.165, 1.54) is 64.2 Å². The molecule has 0 spiro atoms. The quantitative estimate of drug-likeness (QED) is 0.153. The maximum absolute atomic E-state index is 11.9. The first kappa shape index (κ1) is 29.6. The molecule has 0 aromatic carbocycles. The molecule has 31 heavy (non-hydrogen) atoms. The highest BCUT2D eigenvalue weighted by atomic mass is 16.4. The summed E-state index contributed by atoms with van der Waals surface area (Å²) in [5.41, 5.74) is 0. The standard InChI is InChI=1S/C26H50N2O3/c1-4-5-6-7-8-9-10-11-12-13-14-15-16-17-18-22-25(29)27-23-20-19-21-24(26(30)31)28(2)3/h15-16,24H,4-14,17-23H2,1-3H3,(H,27,29)(H,30,31)/b16-15+/t24-/m0/s1. The number of allylic oxidation sites excluding steroid dienone is 2. The molecule has 0 aliphatic carbocycles. The summed E-state index contributed by atoms with van der Waals surface area (Å²) in [7, 11) is 3.57. The van der Waals surface area contributed by atoms with E-state index in [1.54, 1.807) is 19.0 Å². The van der Waals surface area contributed by atoms with Gasteiger partial charge in [-0.15, -0.1) is 0 Å². The number of carboxylic acid groups (broad SMARTS) is 1. The van der Waals surface area contributed by atoms with Crippen LogP contribution in [0, 0.1) is 0 Å². The number of unbranched alkanes of at least 4 members (excludes halogenated alkanes) is 12. The van der Waals surface area contributed by atoms with Crippen molar-refractivity contribution in [2.45, 2.75) is 122 Å². The van der Waals surface area contributed by atoms with Crippen LogP contribution in [0.2, 0.25) is 0 Å². The van der Waals surface area contributed by atoms with Crippen LogP contribution in [-0.2, 0) is 9.59 Å². The van der Waals surface area contributed by atoms with E-state index < -0.39 is 12.0 Å². The molecule has 5 nitrogen and oxygen atoms in total. The molecule has 2 N–H and O–H groups in total. The van der Waals surface area contributed by atoms with Gasteiger partial charge in [-0.2, -0.15) is 0 Å². The largest absolute Gasteiger partial charge is 0.480 e. The van der Waals surface area contributed by atoms with Crippen LogP contribution in [0.25, 0.3) is 0 Å². The first-order valence-corrected chi connectivity index (χ1v) is 12.8. The summed E-state index contributed by atoms with van der Waals surface area (Å²) in [5, 5.41) is 12.1. The number of aliphatic carboxylic acids is 1. The Morgan fingerprint density at radius 3 is 1.90 bits per heavy atom. The van der Waals surface area contributed by atoms with Gasteiger partial charge < -0.3 is 10.4 Å². The van der Waals surface area contributed by atoms with Crippen molar-refractivity contribution in [3.05, 3.63) is 12.2 Å². The van der Waals surface area contributed by atoms with Gasteiger partial charge in [0.05, 0.1) is 0 Å². The fourth-order valence-electron chi connectivity index (χ4n) is 3.75. The van der Waals surface area contributed by atoms with Crippen LogP contribution in [0.5, 0.6) is 0 Å². The molecule has 0 rings (SSSR count). The summed E-state index contributed by atoms with van der Waals surface area (Å²) in [6.45, 7) is 2.90. The van der Waals surface area contributed by atoms with E-state index in [0.717, 1.165) is 32.1 Å². The van der Waals surface area contributed by atoms with Gasteiger partial charge in [0.15, 0.2) is 0 Å². The number of carboxylic acids is 1. The SMILES string of the molecule is CCCCCCCCCCCC/C=C/CCCC(=O)NCCCC[C@@H](C(=O)O)N(C)C. The van der Waals surface area contributed by atoms with Crippen molar-refractivity contribution >= 4 is 11.9 Å². The number of amides is 1. The topological polar surface area (TPSA) is 69.6 Å². The molecule has 1 atom stereocenters. The van der Waals surface area contributed by atoms with Crippen molar-refractivity contribution in [1.82, 2.24) is 10.2 Å². The number of carbonyl (C=O) groups excluding carboxylic acids is 1. The van der Waals surface area contributed by atoms with Gasteiger partial charge in [0.1, 0.15) is 6.04 Å². The number of rotatable bonds is 22. The van der Waals surface area contributed by atoms with Crippen LogP contribution < -0.4 is 5.32 Å². The Hall–Kier alpha value is -1.36. The van der Waals surface area contributed by atoms with E-state index in [2.05, 4.69) is 24.4 Å². The smallest absolute Gasteiger partial charge is 0.320 e. The fourth-order valence-corrected chi connectivity index (χ4v) is 3.75. The summed E-state index contributed by atoms with van der Waals surface area (Å²) in [5.74, 6) is -0.680. The summed E-state index contributed by atoms with van der Waals surface area (Å²) < 4.78 is 0. The molecule has 1 amide bonds. The third-order valence-electron chi connectivity index (χ3n) is 5.80. The number of hydrogen-bond acceptors (Lipinski definition) is 3. The van der Waals surface area contributed by atoms with Crippen LogP contribution >= 0.6 is 0 Å². The van der Waals surface area contributed by atoms with Crippen LogP contribution in [0.3, 0.4) is 0 Å². The highest BCUT2D eigenvalue weighted by Crippen LogP contribution is 2.11. The Morgan fingerprint density at radius 1 is 0.806 bits per heavy atom. The molecule has 0 radical (unpaired) electrons. The second-order valence-corrected chi connectivity index (χ2v) is 9.00. The highest BCUT2D eigenvalue weighted by molar-refractivity contribution is 5.75. The second kappa shape index (κ2) is 21.9. The molecular formula is C26H50N2O3. The molecule has 0 fully saturated rings. The van der Waals surface area contributed by atoms with Gasteiger partial charge in [0, 0.05) is 13.0 Å². The Labute approximate surface area is 192 Å². The van der Waals surface area contributed by atoms with Gasteiger partial charge in [-0.1, -0.05) is 76.9 Å². The predicted molar refractivity (Wildman–Crippen MR) is 131 cm³/mol. The van der Waals surface area contributed by atoms with Crippen LogP contribution in [0.4, 0.5) is 0 Å². The second-order valence-electron chi connectivity index (χ2n) is 9.00. The van der Waals surface area contributed by atoms with Crippen LogP contribution in [0.15, 0.2) is 12.2 Å². The van der Waals surface area contributed by atoms with Crippen molar-refractivity contribution in [1.29, 1.82) is 0 Å². The predicted octanol–water partition coefficient (Wildman–Crippen LogP) is 6.33. The van der Waals surface area contributed by atoms with E-state index in [4.69, 9.17) is 5.11 Å². The Morgan fingerprint density at radius 2 is 1.35 bits per heavy atom. The lowest BCUT2D eigenvalue weighted by atomic mass is 10.1. The molecule has 0 aliphatic rings. The summed E-state index contributed by atoms with van der Waals surface area (Å²) in [4.78, 5) is 24.7. The zero-order valence-electron chi connectivity index (χ0n) is 20.7. The van der Waals surface area contributed by atoms with Gasteiger partial charge in [0.25, 0.3) is 0 Å². The van der Waals surface area contributed by atoms with Crippen molar-refractivity contribution in [3.8, 4) is 0 Å². The first-order chi connectivity index (χ1) is 15.0. The van der Waals surface area contributed by atoms with Crippen molar-refractivity contribution in [2.24, 2.45) is 0 Å². The highest BCUT2D eigenvalue weighted by Gasteiger charge is 2.18. The first-order valence-electron chi connectivity index (χ1n) is 12.8. The maximum atomic E-state index is 11.9. The molecule has 0 aliphatic heterocycles. The fraction of sp³-hybridized carbons (Fsp3) is 0.846. The van der Waals surface area contributed by atoms with Crippen LogP contribution in [-0.4, -0.2) is 48.6 Å². The summed E-state index contributed by atoms with van der Waals surface area (Å²) >= 11 is 0. The average molecular weight is 439 g/mol. The van der Waals surface area contributed by atoms with E-state index >= 15 is 0 Å².